The monoisotopic (exact) mass is 274 g/mol. The highest BCUT2D eigenvalue weighted by Crippen LogP contribution is 2.43. The number of aryl methyl sites for hydroxylation is 3. The fourth-order valence-corrected chi connectivity index (χ4v) is 5.02. The first-order chi connectivity index (χ1) is 9.83. The number of thiophene rings is 1. The van der Waals surface area contributed by atoms with Crippen molar-refractivity contribution in [1.82, 2.24) is 0 Å². The van der Waals surface area contributed by atoms with Crippen molar-refractivity contribution < 1.29 is 0 Å². The number of fused-ring (bicyclic) bond motifs is 4. The van der Waals surface area contributed by atoms with Gasteiger partial charge < -0.3 is 0 Å². The molecule has 0 spiro atoms. The van der Waals surface area contributed by atoms with E-state index in [-0.39, 0.29) is 0 Å². The smallest absolute Gasteiger partial charge is 0.0394 e. The number of benzene rings is 3. The molecule has 5 rings (SSSR count). The van der Waals surface area contributed by atoms with Crippen LogP contribution >= 0.6 is 11.3 Å². The Kier molecular flexibility index (Phi) is 1.97. The molecule has 0 bridgehead atoms. The Morgan fingerprint density at radius 3 is 2.70 bits per heavy atom. The maximum Gasteiger partial charge on any atom is 0.0394 e. The molecule has 0 amide bonds. The molecule has 0 fully saturated rings. The Bertz CT molecular complexity index is 1000. The lowest BCUT2D eigenvalue weighted by molar-refractivity contribution is 1.02. The summed E-state index contributed by atoms with van der Waals surface area (Å²) in [6.45, 7) is 2.25. The molecule has 1 aromatic heterocycles. The van der Waals surface area contributed by atoms with E-state index in [0.29, 0.717) is 0 Å². The van der Waals surface area contributed by atoms with Crippen LogP contribution in [0.1, 0.15) is 16.7 Å². The average molecular weight is 274 g/mol. The third-order valence-corrected chi connectivity index (χ3v) is 5.96. The fraction of sp³-hybridized carbons (Fsp3) is 0.158. The van der Waals surface area contributed by atoms with E-state index >= 15 is 0 Å². The average Bonchev–Trinajstić information content (AvgIpc) is 3.06. The van der Waals surface area contributed by atoms with Crippen molar-refractivity contribution in [3.05, 3.63) is 59.2 Å². The van der Waals surface area contributed by atoms with Crippen molar-refractivity contribution >= 4 is 42.3 Å². The standard InChI is InChI=1S/C19H14S/c1-11-6-7-12-10-16-14-4-2-3-5-17(14)20-19(16)15-9-8-13(11)18(12)15/h2-7,10H,8-9H2,1H3. The van der Waals surface area contributed by atoms with E-state index < -0.39 is 0 Å². The number of hydrogen-bond donors (Lipinski definition) is 0. The highest BCUT2D eigenvalue weighted by Gasteiger charge is 2.20. The van der Waals surface area contributed by atoms with Crippen LogP contribution in [0.4, 0.5) is 0 Å². The van der Waals surface area contributed by atoms with E-state index in [1.54, 1.807) is 16.5 Å². The first kappa shape index (κ1) is 10.9. The van der Waals surface area contributed by atoms with Crippen molar-refractivity contribution in [3.63, 3.8) is 0 Å². The second kappa shape index (κ2) is 3.62. The first-order valence-electron chi connectivity index (χ1n) is 7.18. The largest absolute Gasteiger partial charge is 0.135 e. The van der Waals surface area contributed by atoms with E-state index in [4.69, 9.17) is 0 Å². The fourth-order valence-electron chi connectivity index (χ4n) is 3.76. The van der Waals surface area contributed by atoms with Crippen molar-refractivity contribution in [2.24, 2.45) is 0 Å². The minimum atomic E-state index is 1.21. The molecule has 1 heteroatoms. The third kappa shape index (κ3) is 1.22. The molecule has 96 valence electrons. The molecule has 0 unspecified atom stereocenters. The summed E-state index contributed by atoms with van der Waals surface area (Å²) in [6, 6.07) is 15.8. The Hall–Kier alpha value is -1.86. The lowest BCUT2D eigenvalue weighted by Crippen LogP contribution is -1.84. The van der Waals surface area contributed by atoms with E-state index in [9.17, 15) is 0 Å². The SMILES string of the molecule is Cc1ccc2cc3c(sc4ccccc43)c3c2c1CC3. The summed E-state index contributed by atoms with van der Waals surface area (Å²) in [5.41, 5.74) is 4.63. The Labute approximate surface area is 121 Å². The van der Waals surface area contributed by atoms with Gasteiger partial charge in [-0.15, -0.1) is 11.3 Å². The highest BCUT2D eigenvalue weighted by atomic mass is 32.1. The molecule has 0 saturated heterocycles. The molecular weight excluding hydrogens is 260 g/mol. The minimum Gasteiger partial charge on any atom is -0.135 e. The van der Waals surface area contributed by atoms with Gasteiger partial charge in [0.25, 0.3) is 0 Å². The van der Waals surface area contributed by atoms with Gasteiger partial charge in [-0.3, -0.25) is 0 Å². The Morgan fingerprint density at radius 1 is 0.900 bits per heavy atom. The molecule has 1 aliphatic rings. The van der Waals surface area contributed by atoms with Gasteiger partial charge in [0.1, 0.15) is 0 Å². The Morgan fingerprint density at radius 2 is 1.75 bits per heavy atom. The molecule has 20 heavy (non-hydrogen) atoms. The molecule has 0 N–H and O–H groups in total. The predicted molar refractivity (Wildman–Crippen MR) is 89.0 cm³/mol. The molecule has 1 aliphatic carbocycles. The number of hydrogen-bond acceptors (Lipinski definition) is 1. The van der Waals surface area contributed by atoms with Gasteiger partial charge in [0, 0.05) is 20.2 Å². The zero-order valence-electron chi connectivity index (χ0n) is 11.4. The van der Waals surface area contributed by atoms with E-state index in [0.717, 1.165) is 0 Å². The van der Waals surface area contributed by atoms with Crippen LogP contribution in [0.25, 0.3) is 30.9 Å². The van der Waals surface area contributed by atoms with Gasteiger partial charge in [-0.05, 0) is 59.4 Å². The zero-order valence-corrected chi connectivity index (χ0v) is 12.2. The summed E-state index contributed by atoms with van der Waals surface area (Å²) in [6.07, 6.45) is 2.42. The van der Waals surface area contributed by atoms with Gasteiger partial charge in [0.2, 0.25) is 0 Å². The van der Waals surface area contributed by atoms with Crippen LogP contribution in [-0.2, 0) is 12.8 Å². The Balaban J connectivity index is 2.10. The number of rotatable bonds is 0. The normalized spacial score (nSPS) is 13.8. The summed E-state index contributed by atoms with van der Waals surface area (Å²) in [7, 11) is 0. The molecular formula is C19H14S. The van der Waals surface area contributed by atoms with Crippen LogP contribution in [-0.4, -0.2) is 0 Å². The van der Waals surface area contributed by atoms with E-state index in [1.807, 2.05) is 11.3 Å². The van der Waals surface area contributed by atoms with Gasteiger partial charge in [0.15, 0.2) is 0 Å². The van der Waals surface area contributed by atoms with E-state index in [1.165, 1.54) is 44.0 Å². The summed E-state index contributed by atoms with van der Waals surface area (Å²) in [5, 5.41) is 5.84. The predicted octanol–water partition coefficient (Wildman–Crippen LogP) is 5.61. The van der Waals surface area contributed by atoms with Gasteiger partial charge in [0.05, 0.1) is 0 Å². The van der Waals surface area contributed by atoms with Crippen LogP contribution < -0.4 is 0 Å². The summed E-state index contributed by atoms with van der Waals surface area (Å²) in [5.74, 6) is 0. The summed E-state index contributed by atoms with van der Waals surface area (Å²) >= 11 is 1.97. The quantitative estimate of drug-likeness (QED) is 0.390. The molecule has 0 saturated carbocycles. The molecule has 1 heterocycles. The molecule has 3 aromatic carbocycles. The van der Waals surface area contributed by atoms with Gasteiger partial charge in [-0.1, -0.05) is 30.3 Å². The minimum absolute atomic E-state index is 1.21. The van der Waals surface area contributed by atoms with Crippen molar-refractivity contribution in [2.45, 2.75) is 19.8 Å². The highest BCUT2D eigenvalue weighted by molar-refractivity contribution is 7.26. The van der Waals surface area contributed by atoms with Gasteiger partial charge in [-0.25, -0.2) is 0 Å². The molecule has 0 aliphatic heterocycles. The lowest BCUT2D eigenvalue weighted by Gasteiger charge is -2.06. The lowest BCUT2D eigenvalue weighted by atomic mass is 9.99. The van der Waals surface area contributed by atoms with Crippen molar-refractivity contribution in [1.29, 1.82) is 0 Å². The van der Waals surface area contributed by atoms with Crippen LogP contribution in [0.3, 0.4) is 0 Å². The summed E-state index contributed by atoms with van der Waals surface area (Å²) in [4.78, 5) is 0. The van der Waals surface area contributed by atoms with Crippen molar-refractivity contribution in [3.8, 4) is 0 Å². The second-order valence-electron chi connectivity index (χ2n) is 5.79. The van der Waals surface area contributed by atoms with Crippen LogP contribution in [0, 0.1) is 6.92 Å². The van der Waals surface area contributed by atoms with E-state index in [2.05, 4.69) is 49.4 Å². The van der Waals surface area contributed by atoms with Crippen LogP contribution in [0.15, 0.2) is 42.5 Å². The zero-order chi connectivity index (χ0) is 13.3. The van der Waals surface area contributed by atoms with Crippen LogP contribution in [0.2, 0.25) is 0 Å². The first-order valence-corrected chi connectivity index (χ1v) is 8.00. The maximum atomic E-state index is 2.40. The third-order valence-electron chi connectivity index (χ3n) is 4.71. The molecule has 0 radical (unpaired) electrons. The molecule has 0 atom stereocenters. The van der Waals surface area contributed by atoms with Gasteiger partial charge in [-0.2, -0.15) is 0 Å². The summed E-state index contributed by atoms with van der Waals surface area (Å²) < 4.78 is 2.93. The van der Waals surface area contributed by atoms with Gasteiger partial charge >= 0.3 is 0 Å². The van der Waals surface area contributed by atoms with Crippen molar-refractivity contribution in [2.75, 3.05) is 0 Å². The van der Waals surface area contributed by atoms with Crippen LogP contribution in [0.5, 0.6) is 0 Å². The molecule has 0 nitrogen and oxygen atoms in total. The molecule has 4 aromatic rings. The maximum absolute atomic E-state index is 2.40. The topological polar surface area (TPSA) is 0 Å². The second-order valence-corrected chi connectivity index (χ2v) is 6.84.